The van der Waals surface area contributed by atoms with Gasteiger partial charge in [0.05, 0.1) is 12.0 Å². The van der Waals surface area contributed by atoms with E-state index >= 15 is 0 Å². The third-order valence-corrected chi connectivity index (χ3v) is 4.75. The Kier molecular flexibility index (Phi) is 12.4. The number of primary amides is 1. The van der Waals surface area contributed by atoms with Crippen LogP contribution in [0.4, 0.5) is 0 Å². The monoisotopic (exact) mass is 328 g/mol. The molecule has 4 nitrogen and oxygen atoms in total. The van der Waals surface area contributed by atoms with E-state index in [2.05, 4.69) is 33.0 Å². The molecule has 0 bridgehead atoms. The number of unbranched alkanes of at least 4 members (excludes halogenated alkanes) is 2. The van der Waals surface area contributed by atoms with Gasteiger partial charge in [-0.3, -0.25) is 4.79 Å². The van der Waals surface area contributed by atoms with Gasteiger partial charge in [-0.1, -0.05) is 52.4 Å². The van der Waals surface area contributed by atoms with E-state index in [1.165, 1.54) is 25.7 Å². The fourth-order valence-corrected chi connectivity index (χ4v) is 3.06. The Balaban J connectivity index is 0.000000568. The summed E-state index contributed by atoms with van der Waals surface area (Å²) in [5.41, 5.74) is 5.30. The molecular formula is C19H40N2O2. The first-order valence-corrected chi connectivity index (χ1v) is 9.57. The lowest BCUT2D eigenvalue weighted by atomic mass is 9.83. The summed E-state index contributed by atoms with van der Waals surface area (Å²) in [5.74, 6) is -0.244. The molecular weight excluding hydrogens is 288 g/mol. The number of hydrogen-bond donors (Lipinski definition) is 3. The van der Waals surface area contributed by atoms with Crippen LogP contribution in [0.5, 0.6) is 0 Å². The van der Waals surface area contributed by atoms with E-state index in [1.54, 1.807) is 0 Å². The van der Waals surface area contributed by atoms with E-state index in [1.807, 2.05) is 0 Å². The molecule has 1 atom stereocenters. The minimum absolute atomic E-state index is 0.0359. The smallest absolute Gasteiger partial charge is 0.222 e. The van der Waals surface area contributed by atoms with E-state index in [9.17, 15) is 4.79 Å². The van der Waals surface area contributed by atoms with E-state index in [0.29, 0.717) is 0 Å². The van der Waals surface area contributed by atoms with Gasteiger partial charge >= 0.3 is 0 Å². The highest BCUT2D eigenvalue weighted by atomic mass is 16.3. The van der Waals surface area contributed by atoms with Crippen LogP contribution in [-0.2, 0) is 4.79 Å². The molecule has 1 rings (SSSR count). The van der Waals surface area contributed by atoms with Gasteiger partial charge in [0.1, 0.15) is 0 Å². The standard InChI is InChI=1S/C13H28N2O.C6H12O/c1-5-7-9-11(12(14)16)13(3,4)15-10-8-6-2;7-6-4-2-1-3-5-6/h11,15H,5-10H2,1-4H3,(H2,14,16);6-7H,1-5H2. The van der Waals surface area contributed by atoms with Crippen LogP contribution in [0, 0.1) is 5.92 Å². The zero-order valence-corrected chi connectivity index (χ0v) is 15.9. The first-order valence-electron chi connectivity index (χ1n) is 9.57. The molecule has 0 saturated heterocycles. The zero-order chi connectivity index (χ0) is 17.7. The summed E-state index contributed by atoms with van der Waals surface area (Å²) >= 11 is 0. The number of nitrogens with two attached hydrogens (primary N) is 1. The number of amides is 1. The number of nitrogens with one attached hydrogen (secondary N) is 1. The maximum Gasteiger partial charge on any atom is 0.222 e. The third-order valence-electron chi connectivity index (χ3n) is 4.75. The van der Waals surface area contributed by atoms with Crippen molar-refractivity contribution < 1.29 is 9.90 Å². The molecule has 0 aromatic heterocycles. The molecule has 0 aliphatic heterocycles. The van der Waals surface area contributed by atoms with Gasteiger partial charge < -0.3 is 16.2 Å². The Labute approximate surface area is 143 Å². The summed E-state index contributed by atoms with van der Waals surface area (Å²) < 4.78 is 0. The fraction of sp³-hybridized carbons (Fsp3) is 0.947. The number of aliphatic hydroxyl groups excluding tert-OH is 1. The van der Waals surface area contributed by atoms with Gasteiger partial charge in [-0.05, 0) is 46.1 Å². The van der Waals surface area contributed by atoms with Gasteiger partial charge in [0, 0.05) is 5.54 Å². The second-order valence-electron chi connectivity index (χ2n) is 7.39. The third kappa shape index (κ3) is 10.7. The SMILES string of the molecule is CCCCNC(C)(C)C(CCCC)C(N)=O.OC1CCCCC1. The predicted octanol–water partition coefficient (Wildman–Crippen LogP) is 3.76. The van der Waals surface area contributed by atoms with Crippen molar-refractivity contribution in [2.45, 2.75) is 104 Å². The summed E-state index contributed by atoms with van der Waals surface area (Å²) in [6, 6.07) is 0. The van der Waals surface area contributed by atoms with Crippen LogP contribution in [-0.4, -0.2) is 29.2 Å². The van der Waals surface area contributed by atoms with Crippen molar-refractivity contribution in [3.63, 3.8) is 0 Å². The first kappa shape index (κ1) is 22.4. The lowest BCUT2D eigenvalue weighted by molar-refractivity contribution is -0.124. The average Bonchev–Trinajstić information content (AvgIpc) is 2.48. The van der Waals surface area contributed by atoms with Gasteiger partial charge in [0.2, 0.25) is 5.91 Å². The van der Waals surface area contributed by atoms with Crippen molar-refractivity contribution in [2.24, 2.45) is 11.7 Å². The Hall–Kier alpha value is -0.610. The highest BCUT2D eigenvalue weighted by Crippen LogP contribution is 2.22. The van der Waals surface area contributed by atoms with Crippen LogP contribution < -0.4 is 11.1 Å². The van der Waals surface area contributed by atoms with Gasteiger partial charge in [-0.25, -0.2) is 0 Å². The van der Waals surface area contributed by atoms with Crippen molar-refractivity contribution in [3.8, 4) is 0 Å². The molecule has 0 radical (unpaired) electrons. The number of carbonyl (C=O) groups is 1. The van der Waals surface area contributed by atoms with Crippen LogP contribution in [0.1, 0.15) is 91.9 Å². The number of carbonyl (C=O) groups excluding carboxylic acids is 1. The molecule has 0 spiro atoms. The van der Waals surface area contributed by atoms with Crippen LogP contribution in [0.2, 0.25) is 0 Å². The summed E-state index contributed by atoms with van der Waals surface area (Å²) in [4.78, 5) is 11.5. The number of hydrogen-bond acceptors (Lipinski definition) is 3. The van der Waals surface area contributed by atoms with Crippen LogP contribution in [0.3, 0.4) is 0 Å². The normalized spacial score (nSPS) is 17.3. The molecule has 4 N–H and O–H groups in total. The summed E-state index contributed by atoms with van der Waals surface area (Å²) in [5, 5.41) is 12.4. The lowest BCUT2D eigenvalue weighted by Crippen LogP contribution is -2.51. The molecule has 1 saturated carbocycles. The molecule has 1 aliphatic rings. The number of aliphatic hydroxyl groups is 1. The Morgan fingerprint density at radius 1 is 1.17 bits per heavy atom. The quantitative estimate of drug-likeness (QED) is 0.564. The second-order valence-corrected chi connectivity index (χ2v) is 7.39. The zero-order valence-electron chi connectivity index (χ0n) is 15.9. The van der Waals surface area contributed by atoms with E-state index in [-0.39, 0.29) is 23.5 Å². The minimum Gasteiger partial charge on any atom is -0.393 e. The molecule has 0 aromatic rings. The van der Waals surface area contributed by atoms with Crippen molar-refractivity contribution >= 4 is 5.91 Å². The summed E-state index contributed by atoms with van der Waals surface area (Å²) in [6.45, 7) is 9.41. The molecule has 1 unspecified atom stereocenters. The van der Waals surface area contributed by atoms with Gasteiger partial charge in [0.15, 0.2) is 0 Å². The number of rotatable bonds is 9. The van der Waals surface area contributed by atoms with E-state index in [4.69, 9.17) is 10.8 Å². The van der Waals surface area contributed by atoms with Crippen molar-refractivity contribution in [1.82, 2.24) is 5.32 Å². The molecule has 1 fully saturated rings. The molecule has 1 amide bonds. The molecule has 138 valence electrons. The van der Waals surface area contributed by atoms with E-state index < -0.39 is 0 Å². The first-order chi connectivity index (χ1) is 10.8. The Morgan fingerprint density at radius 2 is 1.74 bits per heavy atom. The largest absolute Gasteiger partial charge is 0.393 e. The maximum absolute atomic E-state index is 11.5. The highest BCUT2D eigenvalue weighted by molar-refractivity contribution is 5.78. The van der Waals surface area contributed by atoms with Crippen molar-refractivity contribution in [1.29, 1.82) is 0 Å². The predicted molar refractivity (Wildman–Crippen MR) is 98.3 cm³/mol. The topological polar surface area (TPSA) is 75.3 Å². The minimum atomic E-state index is -0.184. The molecule has 0 heterocycles. The molecule has 1 aliphatic carbocycles. The Bertz CT molecular complexity index is 300. The molecule has 23 heavy (non-hydrogen) atoms. The lowest BCUT2D eigenvalue weighted by Gasteiger charge is -2.33. The van der Waals surface area contributed by atoms with Crippen molar-refractivity contribution in [3.05, 3.63) is 0 Å². The van der Waals surface area contributed by atoms with Gasteiger partial charge in [-0.2, -0.15) is 0 Å². The van der Waals surface area contributed by atoms with Gasteiger partial charge in [-0.15, -0.1) is 0 Å². The summed E-state index contributed by atoms with van der Waals surface area (Å²) in [6.07, 6.45) is 11.3. The van der Waals surface area contributed by atoms with Crippen LogP contribution in [0.15, 0.2) is 0 Å². The van der Waals surface area contributed by atoms with Crippen LogP contribution in [0.25, 0.3) is 0 Å². The maximum atomic E-state index is 11.5. The van der Waals surface area contributed by atoms with Crippen LogP contribution >= 0.6 is 0 Å². The molecule has 0 aromatic carbocycles. The van der Waals surface area contributed by atoms with Crippen molar-refractivity contribution in [2.75, 3.05) is 6.54 Å². The second kappa shape index (κ2) is 12.8. The molecule has 4 heteroatoms. The van der Waals surface area contributed by atoms with E-state index in [0.717, 1.165) is 45.1 Å². The van der Waals surface area contributed by atoms with Gasteiger partial charge in [0.25, 0.3) is 0 Å². The fourth-order valence-electron chi connectivity index (χ4n) is 3.06. The average molecular weight is 329 g/mol. The Morgan fingerprint density at radius 3 is 2.13 bits per heavy atom. The highest BCUT2D eigenvalue weighted by Gasteiger charge is 2.32. The summed E-state index contributed by atoms with van der Waals surface area (Å²) in [7, 11) is 0.